The van der Waals surface area contributed by atoms with Gasteiger partial charge in [-0.15, -0.1) is 0 Å². The zero-order valence-electron chi connectivity index (χ0n) is 17.2. The lowest BCUT2D eigenvalue weighted by atomic mass is 9.96. The standard InChI is InChI=1S/C25H27N3O/c1-18(2)17-20-9-11-21(12-10-20)19(3)25(29)26-22-13-15-24(16-14-22)28-27-23-7-5-4-6-8-23/h4-16,18-19H,17H2,1-3H3,(H,26,29). The average Bonchev–Trinajstić information content (AvgIpc) is 2.73. The van der Waals surface area contributed by atoms with E-state index in [1.54, 1.807) is 0 Å². The molecule has 0 spiro atoms. The lowest BCUT2D eigenvalue weighted by Gasteiger charge is -2.14. The van der Waals surface area contributed by atoms with Gasteiger partial charge >= 0.3 is 0 Å². The summed E-state index contributed by atoms with van der Waals surface area (Å²) < 4.78 is 0. The van der Waals surface area contributed by atoms with E-state index >= 15 is 0 Å². The highest BCUT2D eigenvalue weighted by Crippen LogP contribution is 2.22. The molecule has 1 unspecified atom stereocenters. The lowest BCUT2D eigenvalue weighted by molar-refractivity contribution is -0.117. The smallest absolute Gasteiger partial charge is 0.231 e. The van der Waals surface area contributed by atoms with Crippen molar-refractivity contribution in [3.8, 4) is 0 Å². The van der Waals surface area contributed by atoms with Gasteiger partial charge in [-0.3, -0.25) is 4.79 Å². The molecule has 0 bridgehead atoms. The zero-order valence-corrected chi connectivity index (χ0v) is 17.2. The molecule has 0 saturated carbocycles. The van der Waals surface area contributed by atoms with E-state index in [1.807, 2.05) is 61.5 Å². The van der Waals surface area contributed by atoms with Crippen LogP contribution in [0.1, 0.15) is 37.8 Å². The van der Waals surface area contributed by atoms with Crippen LogP contribution in [0, 0.1) is 5.92 Å². The predicted molar refractivity (Wildman–Crippen MR) is 119 cm³/mol. The molecule has 0 fully saturated rings. The molecule has 0 heterocycles. The molecule has 0 saturated heterocycles. The van der Waals surface area contributed by atoms with Gasteiger partial charge < -0.3 is 5.32 Å². The molecule has 0 aromatic heterocycles. The fourth-order valence-electron chi connectivity index (χ4n) is 3.04. The molecule has 29 heavy (non-hydrogen) atoms. The summed E-state index contributed by atoms with van der Waals surface area (Å²) in [7, 11) is 0. The normalized spacial score (nSPS) is 12.3. The molecule has 3 rings (SSSR count). The van der Waals surface area contributed by atoms with Crippen LogP contribution in [-0.4, -0.2) is 5.91 Å². The third-order valence-electron chi connectivity index (χ3n) is 4.69. The van der Waals surface area contributed by atoms with Crippen molar-refractivity contribution in [3.63, 3.8) is 0 Å². The Labute approximate surface area is 172 Å². The van der Waals surface area contributed by atoms with E-state index in [4.69, 9.17) is 0 Å². The van der Waals surface area contributed by atoms with Gasteiger partial charge in [0.25, 0.3) is 0 Å². The number of benzene rings is 3. The number of carbonyl (C=O) groups excluding carboxylic acids is 1. The Morgan fingerprint density at radius 2 is 1.38 bits per heavy atom. The molecule has 4 heteroatoms. The maximum absolute atomic E-state index is 12.6. The Bertz CT molecular complexity index is 946. The summed E-state index contributed by atoms with van der Waals surface area (Å²) in [6.45, 7) is 6.34. The topological polar surface area (TPSA) is 53.8 Å². The Hall–Kier alpha value is -3.27. The molecule has 0 aliphatic heterocycles. The molecule has 1 N–H and O–H groups in total. The van der Waals surface area contributed by atoms with Gasteiger partial charge in [0, 0.05) is 5.69 Å². The molecule has 1 atom stereocenters. The van der Waals surface area contributed by atoms with Gasteiger partial charge in [0.1, 0.15) is 0 Å². The number of azo groups is 1. The average molecular weight is 386 g/mol. The summed E-state index contributed by atoms with van der Waals surface area (Å²) in [5, 5.41) is 11.4. The van der Waals surface area contributed by atoms with Gasteiger partial charge in [0.15, 0.2) is 0 Å². The molecular weight excluding hydrogens is 358 g/mol. The molecule has 1 amide bonds. The third kappa shape index (κ3) is 6.11. The number of hydrogen-bond donors (Lipinski definition) is 1. The van der Waals surface area contributed by atoms with Crippen molar-refractivity contribution in [1.82, 2.24) is 0 Å². The minimum absolute atomic E-state index is 0.0275. The largest absolute Gasteiger partial charge is 0.326 e. The second kappa shape index (κ2) is 9.78. The summed E-state index contributed by atoms with van der Waals surface area (Å²) in [4.78, 5) is 12.6. The van der Waals surface area contributed by atoms with E-state index in [0.29, 0.717) is 5.92 Å². The number of nitrogens with zero attached hydrogens (tertiary/aromatic N) is 2. The van der Waals surface area contributed by atoms with Crippen LogP contribution in [0.2, 0.25) is 0 Å². The van der Waals surface area contributed by atoms with Crippen molar-refractivity contribution in [2.24, 2.45) is 16.1 Å². The highest BCUT2D eigenvalue weighted by Gasteiger charge is 2.15. The van der Waals surface area contributed by atoms with Gasteiger partial charge in [-0.05, 0) is 66.8 Å². The second-order valence-corrected chi connectivity index (χ2v) is 7.63. The zero-order chi connectivity index (χ0) is 20.6. The van der Waals surface area contributed by atoms with Gasteiger partial charge in [-0.2, -0.15) is 10.2 Å². The van der Waals surface area contributed by atoms with Gasteiger partial charge in [-0.1, -0.05) is 56.3 Å². The highest BCUT2D eigenvalue weighted by molar-refractivity contribution is 5.95. The number of anilines is 1. The monoisotopic (exact) mass is 385 g/mol. The van der Waals surface area contributed by atoms with Crippen molar-refractivity contribution >= 4 is 23.0 Å². The number of amides is 1. The predicted octanol–water partition coefficient (Wildman–Crippen LogP) is 7.04. The minimum atomic E-state index is -0.222. The van der Waals surface area contributed by atoms with E-state index < -0.39 is 0 Å². The number of nitrogens with one attached hydrogen (secondary N) is 1. The first-order valence-corrected chi connectivity index (χ1v) is 9.98. The van der Waals surface area contributed by atoms with Crippen LogP contribution in [0.4, 0.5) is 17.1 Å². The van der Waals surface area contributed by atoms with Gasteiger partial charge in [-0.25, -0.2) is 0 Å². The summed E-state index contributed by atoms with van der Waals surface area (Å²) in [6.07, 6.45) is 1.05. The van der Waals surface area contributed by atoms with Crippen LogP contribution in [0.15, 0.2) is 89.1 Å². The minimum Gasteiger partial charge on any atom is -0.326 e. The van der Waals surface area contributed by atoms with Crippen molar-refractivity contribution in [2.75, 3.05) is 5.32 Å². The van der Waals surface area contributed by atoms with Crippen LogP contribution in [-0.2, 0) is 11.2 Å². The summed E-state index contributed by atoms with van der Waals surface area (Å²) in [5.74, 6) is 0.373. The van der Waals surface area contributed by atoms with E-state index in [1.165, 1.54) is 5.56 Å². The molecule has 0 aliphatic rings. The van der Waals surface area contributed by atoms with Crippen LogP contribution in [0.3, 0.4) is 0 Å². The van der Waals surface area contributed by atoms with Crippen LogP contribution in [0.25, 0.3) is 0 Å². The third-order valence-corrected chi connectivity index (χ3v) is 4.69. The Morgan fingerprint density at radius 1 is 0.793 bits per heavy atom. The summed E-state index contributed by atoms with van der Waals surface area (Å²) >= 11 is 0. The van der Waals surface area contributed by atoms with E-state index in [2.05, 4.69) is 53.7 Å². The lowest BCUT2D eigenvalue weighted by Crippen LogP contribution is -2.18. The molecule has 4 nitrogen and oxygen atoms in total. The van der Waals surface area contributed by atoms with Crippen molar-refractivity contribution < 1.29 is 4.79 Å². The molecule has 3 aromatic rings. The number of carbonyl (C=O) groups is 1. The quantitative estimate of drug-likeness (QED) is 0.436. The number of hydrogen-bond acceptors (Lipinski definition) is 3. The van der Waals surface area contributed by atoms with Gasteiger partial charge in [0.05, 0.1) is 17.3 Å². The molecule has 3 aromatic carbocycles. The maximum atomic E-state index is 12.6. The van der Waals surface area contributed by atoms with Crippen molar-refractivity contribution in [1.29, 1.82) is 0 Å². The molecular formula is C25H27N3O. The van der Waals surface area contributed by atoms with Crippen molar-refractivity contribution in [3.05, 3.63) is 90.0 Å². The molecule has 0 aliphatic carbocycles. The number of rotatable bonds is 7. The fraction of sp³-hybridized carbons (Fsp3) is 0.240. The van der Waals surface area contributed by atoms with E-state index in [9.17, 15) is 4.79 Å². The Balaban J connectivity index is 1.59. The summed E-state index contributed by atoms with van der Waals surface area (Å²) in [5.41, 5.74) is 4.61. The van der Waals surface area contributed by atoms with E-state index in [-0.39, 0.29) is 11.8 Å². The van der Waals surface area contributed by atoms with Crippen LogP contribution >= 0.6 is 0 Å². The fourth-order valence-corrected chi connectivity index (χ4v) is 3.04. The van der Waals surface area contributed by atoms with Crippen LogP contribution in [0.5, 0.6) is 0 Å². The first kappa shape index (κ1) is 20.5. The first-order chi connectivity index (χ1) is 14.0. The Morgan fingerprint density at radius 3 is 1.97 bits per heavy atom. The second-order valence-electron chi connectivity index (χ2n) is 7.63. The highest BCUT2D eigenvalue weighted by atomic mass is 16.1. The SMILES string of the molecule is CC(C)Cc1ccc(C(C)C(=O)Nc2ccc(N=Nc3ccccc3)cc2)cc1. The van der Waals surface area contributed by atoms with Crippen LogP contribution < -0.4 is 5.32 Å². The van der Waals surface area contributed by atoms with Crippen molar-refractivity contribution in [2.45, 2.75) is 33.1 Å². The maximum Gasteiger partial charge on any atom is 0.231 e. The first-order valence-electron chi connectivity index (χ1n) is 9.98. The molecule has 148 valence electrons. The Kier molecular flexibility index (Phi) is 6.90. The summed E-state index contributed by atoms with van der Waals surface area (Å²) in [6, 6.07) is 25.3. The molecule has 0 radical (unpaired) electrons. The van der Waals surface area contributed by atoms with E-state index in [0.717, 1.165) is 29.0 Å². The van der Waals surface area contributed by atoms with Gasteiger partial charge in [0.2, 0.25) is 5.91 Å².